The molecule has 1 aromatic carbocycles. The van der Waals surface area contributed by atoms with Gasteiger partial charge in [0.2, 0.25) is 0 Å². The van der Waals surface area contributed by atoms with E-state index in [1.807, 2.05) is 6.07 Å². The molecule has 18 heavy (non-hydrogen) atoms. The quantitative estimate of drug-likeness (QED) is 0.918. The second-order valence-corrected chi connectivity index (χ2v) is 5.77. The van der Waals surface area contributed by atoms with Crippen LogP contribution in [0.5, 0.6) is 0 Å². The zero-order valence-corrected chi connectivity index (χ0v) is 12.3. The number of nitrogens with one attached hydrogen (secondary N) is 1. The topological polar surface area (TPSA) is 15.3 Å². The Morgan fingerprint density at radius 3 is 3.06 bits per heavy atom. The van der Waals surface area contributed by atoms with Crippen molar-refractivity contribution in [3.8, 4) is 0 Å². The number of likely N-dealkylation sites (N-methyl/N-ethyl adjacent to an activating group) is 1. The summed E-state index contributed by atoms with van der Waals surface area (Å²) in [5.41, 5.74) is 0.980. The zero-order chi connectivity index (χ0) is 13.0. The highest BCUT2D eigenvalue weighted by molar-refractivity contribution is 9.10. The lowest BCUT2D eigenvalue weighted by Gasteiger charge is -2.32. The summed E-state index contributed by atoms with van der Waals surface area (Å²) < 4.78 is 13.9. The Morgan fingerprint density at radius 2 is 2.28 bits per heavy atom. The van der Waals surface area contributed by atoms with Crippen molar-refractivity contribution < 1.29 is 4.39 Å². The van der Waals surface area contributed by atoms with Crippen LogP contribution >= 0.6 is 15.9 Å². The van der Waals surface area contributed by atoms with E-state index >= 15 is 0 Å². The van der Waals surface area contributed by atoms with Gasteiger partial charge in [-0.15, -0.1) is 0 Å². The maximum absolute atomic E-state index is 13.3. The van der Waals surface area contributed by atoms with Gasteiger partial charge in [-0.25, -0.2) is 4.39 Å². The molecule has 1 fully saturated rings. The molecule has 0 amide bonds. The van der Waals surface area contributed by atoms with Crippen molar-refractivity contribution in [3.05, 3.63) is 34.1 Å². The van der Waals surface area contributed by atoms with Crippen LogP contribution in [-0.2, 0) is 6.54 Å². The number of hydrogen-bond acceptors (Lipinski definition) is 2. The fourth-order valence-corrected chi connectivity index (χ4v) is 2.86. The van der Waals surface area contributed by atoms with Crippen LogP contribution in [0.2, 0.25) is 0 Å². The number of rotatable bonds is 4. The molecule has 0 aromatic heterocycles. The molecule has 1 aliphatic rings. The molecule has 1 unspecified atom stereocenters. The second kappa shape index (κ2) is 6.64. The summed E-state index contributed by atoms with van der Waals surface area (Å²) in [7, 11) is 2.18. The Morgan fingerprint density at radius 1 is 1.44 bits per heavy atom. The molecular weight excluding hydrogens is 295 g/mol. The van der Waals surface area contributed by atoms with E-state index in [0.717, 1.165) is 12.1 Å². The van der Waals surface area contributed by atoms with Crippen molar-refractivity contribution in [1.29, 1.82) is 0 Å². The molecule has 0 aliphatic carbocycles. The monoisotopic (exact) mass is 314 g/mol. The molecule has 2 nitrogen and oxygen atoms in total. The summed E-state index contributed by atoms with van der Waals surface area (Å²) in [6.07, 6.45) is 3.89. The first-order valence-electron chi connectivity index (χ1n) is 6.52. The smallest absolute Gasteiger partial charge is 0.137 e. The molecule has 1 aliphatic heterocycles. The number of benzene rings is 1. The van der Waals surface area contributed by atoms with Gasteiger partial charge >= 0.3 is 0 Å². The second-order valence-electron chi connectivity index (χ2n) is 4.97. The van der Waals surface area contributed by atoms with Crippen LogP contribution in [0.25, 0.3) is 0 Å². The van der Waals surface area contributed by atoms with E-state index in [1.54, 1.807) is 6.07 Å². The maximum atomic E-state index is 13.3. The lowest BCUT2D eigenvalue weighted by atomic mass is 10.0. The summed E-state index contributed by atoms with van der Waals surface area (Å²) in [5, 5.41) is 3.43. The summed E-state index contributed by atoms with van der Waals surface area (Å²) in [5.74, 6) is -0.191. The lowest BCUT2D eigenvalue weighted by Crippen LogP contribution is -2.42. The van der Waals surface area contributed by atoms with E-state index in [1.165, 1.54) is 31.9 Å². The molecule has 2 rings (SSSR count). The van der Waals surface area contributed by atoms with Gasteiger partial charge in [0.25, 0.3) is 0 Å². The van der Waals surface area contributed by atoms with Gasteiger partial charge < -0.3 is 10.2 Å². The van der Waals surface area contributed by atoms with Crippen LogP contribution < -0.4 is 5.32 Å². The van der Waals surface area contributed by atoms with Gasteiger partial charge in [0, 0.05) is 19.1 Å². The largest absolute Gasteiger partial charge is 0.311 e. The van der Waals surface area contributed by atoms with Crippen LogP contribution in [0.3, 0.4) is 0 Å². The van der Waals surface area contributed by atoms with Crippen molar-refractivity contribution in [2.75, 3.05) is 20.1 Å². The summed E-state index contributed by atoms with van der Waals surface area (Å²) in [6.45, 7) is 2.87. The van der Waals surface area contributed by atoms with E-state index in [0.29, 0.717) is 17.1 Å². The molecule has 1 saturated heterocycles. The fraction of sp³-hybridized carbons (Fsp3) is 0.571. The van der Waals surface area contributed by atoms with Crippen molar-refractivity contribution in [2.24, 2.45) is 0 Å². The van der Waals surface area contributed by atoms with Crippen molar-refractivity contribution in [3.63, 3.8) is 0 Å². The van der Waals surface area contributed by atoms with Crippen LogP contribution in [0.4, 0.5) is 4.39 Å². The number of halogens is 2. The van der Waals surface area contributed by atoms with Crippen LogP contribution in [-0.4, -0.2) is 31.1 Å². The maximum Gasteiger partial charge on any atom is 0.137 e. The minimum absolute atomic E-state index is 0.191. The normalized spacial score (nSPS) is 21.2. The zero-order valence-electron chi connectivity index (χ0n) is 10.8. The Kier molecular flexibility index (Phi) is 5.15. The Balaban J connectivity index is 1.83. The highest BCUT2D eigenvalue weighted by Crippen LogP contribution is 2.20. The predicted molar refractivity (Wildman–Crippen MR) is 76.1 cm³/mol. The fourth-order valence-electron chi connectivity index (χ4n) is 2.46. The lowest BCUT2D eigenvalue weighted by molar-refractivity contribution is 0.181. The average molecular weight is 315 g/mol. The van der Waals surface area contributed by atoms with E-state index in [4.69, 9.17) is 0 Å². The first-order valence-corrected chi connectivity index (χ1v) is 7.31. The summed E-state index contributed by atoms with van der Waals surface area (Å²) in [4.78, 5) is 2.41. The predicted octanol–water partition coefficient (Wildman–Crippen LogP) is 3.16. The van der Waals surface area contributed by atoms with Crippen molar-refractivity contribution >= 4 is 15.9 Å². The van der Waals surface area contributed by atoms with Crippen LogP contribution in [0.15, 0.2) is 22.7 Å². The van der Waals surface area contributed by atoms with Gasteiger partial charge in [-0.3, -0.25) is 0 Å². The third-order valence-electron chi connectivity index (χ3n) is 3.65. The molecule has 100 valence electrons. The van der Waals surface area contributed by atoms with E-state index < -0.39 is 0 Å². The number of piperidine rings is 1. The number of likely N-dealkylation sites (tertiary alicyclic amines) is 1. The molecule has 4 heteroatoms. The summed E-state index contributed by atoms with van der Waals surface area (Å²) >= 11 is 3.29. The molecule has 0 saturated carbocycles. The standard InChI is InChI=1S/C14H20BrFN2/c1-18-8-3-2-6-12(18)10-17-9-11-5-4-7-13(16)14(11)15/h4-5,7,12,17H,2-3,6,8-10H2,1H3. The highest BCUT2D eigenvalue weighted by Gasteiger charge is 2.18. The first kappa shape index (κ1) is 14.0. The van der Waals surface area contributed by atoms with Gasteiger partial charge in [0.05, 0.1) is 4.47 Å². The minimum Gasteiger partial charge on any atom is -0.311 e. The minimum atomic E-state index is -0.191. The molecule has 1 heterocycles. The third-order valence-corrected chi connectivity index (χ3v) is 4.54. The molecular formula is C14H20BrFN2. The average Bonchev–Trinajstić information content (AvgIpc) is 2.37. The van der Waals surface area contributed by atoms with E-state index in [9.17, 15) is 4.39 Å². The van der Waals surface area contributed by atoms with Crippen molar-refractivity contribution in [2.45, 2.75) is 31.8 Å². The number of nitrogens with zero attached hydrogens (tertiary/aromatic N) is 1. The molecule has 0 bridgehead atoms. The molecule has 1 aromatic rings. The van der Waals surface area contributed by atoms with Gasteiger partial charge in [-0.05, 0) is 54.0 Å². The Bertz CT molecular complexity index is 397. The van der Waals surface area contributed by atoms with Crippen LogP contribution in [0, 0.1) is 5.82 Å². The number of hydrogen-bond donors (Lipinski definition) is 1. The Labute approximate surface area is 117 Å². The van der Waals surface area contributed by atoms with Crippen molar-refractivity contribution in [1.82, 2.24) is 10.2 Å². The van der Waals surface area contributed by atoms with Crippen LogP contribution in [0.1, 0.15) is 24.8 Å². The first-order chi connectivity index (χ1) is 8.68. The molecule has 1 atom stereocenters. The van der Waals surface area contributed by atoms with Gasteiger partial charge in [0.15, 0.2) is 0 Å². The SMILES string of the molecule is CN1CCCCC1CNCc1cccc(F)c1Br. The summed E-state index contributed by atoms with van der Waals surface area (Å²) in [6, 6.07) is 5.79. The van der Waals surface area contributed by atoms with Gasteiger partial charge in [-0.2, -0.15) is 0 Å². The molecule has 1 N–H and O–H groups in total. The third kappa shape index (κ3) is 3.53. The Hall–Kier alpha value is -0.450. The van der Waals surface area contributed by atoms with Gasteiger partial charge in [0.1, 0.15) is 5.82 Å². The molecule has 0 spiro atoms. The molecule has 0 radical (unpaired) electrons. The van der Waals surface area contributed by atoms with E-state index in [2.05, 4.69) is 33.2 Å². The highest BCUT2D eigenvalue weighted by atomic mass is 79.9. The van der Waals surface area contributed by atoms with E-state index in [-0.39, 0.29) is 5.82 Å². The van der Waals surface area contributed by atoms with Gasteiger partial charge in [-0.1, -0.05) is 18.6 Å².